The number of nitrogens with zero attached hydrogens (tertiary/aromatic N) is 6. The zero-order chi connectivity index (χ0) is 28.1. The van der Waals surface area contributed by atoms with Crippen molar-refractivity contribution in [2.45, 2.75) is 19.4 Å². The maximum absolute atomic E-state index is 15.5. The molecule has 3 heterocycles. The minimum absolute atomic E-state index is 0.122. The smallest absolute Gasteiger partial charge is 0.327 e. The van der Waals surface area contributed by atoms with Gasteiger partial charge in [-0.15, -0.1) is 0 Å². The molecule has 1 aliphatic rings. The first-order chi connectivity index (χ1) is 18.5. The van der Waals surface area contributed by atoms with E-state index >= 15 is 8.78 Å². The Morgan fingerprint density at radius 3 is 2.44 bits per heavy atom. The van der Waals surface area contributed by atoms with Crippen LogP contribution >= 0.6 is 0 Å². The number of amides is 3. The van der Waals surface area contributed by atoms with E-state index in [-0.39, 0.29) is 24.6 Å². The quantitative estimate of drug-likeness (QED) is 0.270. The summed E-state index contributed by atoms with van der Waals surface area (Å²) >= 11 is 0. The number of carbonyl (C=O) groups excluding carboxylic acids is 2. The molecular formula is C25H21F4N7O3. The van der Waals surface area contributed by atoms with Crippen LogP contribution in [0.5, 0.6) is 11.5 Å². The van der Waals surface area contributed by atoms with Crippen LogP contribution in [0.3, 0.4) is 0 Å². The van der Waals surface area contributed by atoms with Crippen molar-refractivity contribution in [3.8, 4) is 11.5 Å². The van der Waals surface area contributed by atoms with Gasteiger partial charge in [0.1, 0.15) is 23.5 Å². The number of likely N-dealkylation sites (N-methyl/N-ethyl adjacent to an activating group) is 1. The van der Waals surface area contributed by atoms with E-state index in [1.165, 1.54) is 29.4 Å². The molecule has 4 aromatic rings. The van der Waals surface area contributed by atoms with Gasteiger partial charge in [-0.25, -0.2) is 32.3 Å². The van der Waals surface area contributed by atoms with Gasteiger partial charge in [0.25, 0.3) is 5.91 Å². The summed E-state index contributed by atoms with van der Waals surface area (Å²) in [6.07, 6.45) is 2.58. The predicted octanol–water partition coefficient (Wildman–Crippen LogP) is 4.51. The third-order valence-electron chi connectivity index (χ3n) is 6.56. The minimum Gasteiger partial charge on any atom is -0.451 e. The lowest BCUT2D eigenvalue weighted by Crippen LogP contribution is -2.42. The average Bonchev–Trinajstić information content (AvgIpc) is 3.43. The second kappa shape index (κ2) is 9.53. The molecule has 10 nitrogen and oxygen atoms in total. The molecular weight excluding hydrogens is 522 g/mol. The lowest BCUT2D eigenvalue weighted by molar-refractivity contribution is -0.131. The van der Waals surface area contributed by atoms with Gasteiger partial charge in [0.15, 0.2) is 34.6 Å². The molecule has 39 heavy (non-hydrogen) atoms. The van der Waals surface area contributed by atoms with Crippen molar-refractivity contribution in [3.05, 3.63) is 66.1 Å². The van der Waals surface area contributed by atoms with Gasteiger partial charge in [-0.1, -0.05) is 0 Å². The minimum atomic E-state index is -1.10. The van der Waals surface area contributed by atoms with Crippen molar-refractivity contribution < 1.29 is 31.9 Å². The standard InChI is InChI=1S/C25H21F4N7O3/c1-25(2)23(37)36(24(38)34(25)3)7-6-35(22-14-11-32-33-21(14)30-12-31-22)18-9-17(29)20(10-15(18)27)39-19-5-4-13(26)8-16(19)28/h4-5,8-12H,6-7H2,1-3H3,(H,30,31,32,33). The van der Waals surface area contributed by atoms with Crippen LogP contribution in [-0.2, 0) is 4.79 Å². The predicted molar refractivity (Wildman–Crippen MR) is 130 cm³/mol. The van der Waals surface area contributed by atoms with Crippen LogP contribution in [0.15, 0.2) is 42.9 Å². The first-order valence-electron chi connectivity index (χ1n) is 11.6. The number of nitrogens with one attached hydrogen (secondary N) is 1. The fourth-order valence-electron chi connectivity index (χ4n) is 4.17. The average molecular weight is 543 g/mol. The molecule has 1 saturated heterocycles. The molecule has 1 N–H and O–H groups in total. The van der Waals surface area contributed by atoms with E-state index in [0.717, 1.165) is 23.1 Å². The lowest BCUT2D eigenvalue weighted by atomic mass is 10.1. The van der Waals surface area contributed by atoms with Gasteiger partial charge in [-0.05, 0) is 26.0 Å². The largest absolute Gasteiger partial charge is 0.451 e. The van der Waals surface area contributed by atoms with Crippen LogP contribution < -0.4 is 9.64 Å². The van der Waals surface area contributed by atoms with E-state index in [2.05, 4.69) is 20.2 Å². The molecule has 0 atom stereocenters. The monoisotopic (exact) mass is 543 g/mol. The Hall–Kier alpha value is -4.75. The SMILES string of the molecule is CN1C(=O)N(CCN(c2cc(F)c(Oc3ccc(F)cc3F)cc2F)c2ncnc3[nH]ncc23)C(=O)C1(C)C. The number of aromatic nitrogens is 4. The van der Waals surface area contributed by atoms with Crippen molar-refractivity contribution in [1.82, 2.24) is 30.0 Å². The number of hydrogen-bond donors (Lipinski definition) is 1. The number of anilines is 2. The van der Waals surface area contributed by atoms with Crippen LogP contribution in [0.4, 0.5) is 33.9 Å². The second-order valence-corrected chi connectivity index (χ2v) is 9.25. The summed E-state index contributed by atoms with van der Waals surface area (Å²) in [5.41, 5.74) is -1.08. The summed E-state index contributed by atoms with van der Waals surface area (Å²) in [4.78, 5) is 37.5. The van der Waals surface area contributed by atoms with Crippen LogP contribution in [0, 0.1) is 23.3 Å². The van der Waals surface area contributed by atoms with Gasteiger partial charge < -0.3 is 14.5 Å². The molecule has 2 aromatic carbocycles. The van der Waals surface area contributed by atoms with Crippen LogP contribution in [-0.4, -0.2) is 67.6 Å². The maximum Gasteiger partial charge on any atom is 0.327 e. The first kappa shape index (κ1) is 25.9. The van der Waals surface area contributed by atoms with E-state index in [0.29, 0.717) is 23.2 Å². The van der Waals surface area contributed by atoms with Crippen molar-refractivity contribution in [3.63, 3.8) is 0 Å². The van der Waals surface area contributed by atoms with Gasteiger partial charge in [0, 0.05) is 38.3 Å². The fourth-order valence-corrected chi connectivity index (χ4v) is 4.17. The van der Waals surface area contributed by atoms with Crippen LogP contribution in [0.1, 0.15) is 13.8 Å². The van der Waals surface area contributed by atoms with Gasteiger partial charge >= 0.3 is 6.03 Å². The summed E-state index contributed by atoms with van der Waals surface area (Å²) in [7, 11) is 1.50. The van der Waals surface area contributed by atoms with E-state index in [9.17, 15) is 18.4 Å². The normalized spacial score (nSPS) is 14.9. The Balaban J connectivity index is 1.53. The number of halogens is 4. The molecule has 1 aliphatic heterocycles. The Labute approximate surface area is 218 Å². The number of H-pyrrole nitrogens is 1. The molecule has 0 bridgehead atoms. The van der Waals surface area contributed by atoms with E-state index in [4.69, 9.17) is 4.74 Å². The summed E-state index contributed by atoms with van der Waals surface area (Å²) in [5.74, 6) is -5.50. The van der Waals surface area contributed by atoms with Crippen molar-refractivity contribution in [2.75, 3.05) is 25.0 Å². The zero-order valence-corrected chi connectivity index (χ0v) is 20.9. The molecule has 0 radical (unpaired) electrons. The molecule has 0 saturated carbocycles. The second-order valence-electron chi connectivity index (χ2n) is 9.25. The van der Waals surface area contributed by atoms with Crippen molar-refractivity contribution in [2.24, 2.45) is 0 Å². The molecule has 0 aliphatic carbocycles. The highest BCUT2D eigenvalue weighted by Gasteiger charge is 2.49. The molecule has 2 aromatic heterocycles. The Bertz CT molecular complexity index is 1610. The molecule has 3 amide bonds. The van der Waals surface area contributed by atoms with Crippen LogP contribution in [0.2, 0.25) is 0 Å². The van der Waals surface area contributed by atoms with Gasteiger partial charge in [0.2, 0.25) is 0 Å². The molecule has 1 fully saturated rings. The fraction of sp³-hybridized carbons (Fsp3) is 0.240. The number of carbonyl (C=O) groups is 2. The van der Waals surface area contributed by atoms with Gasteiger partial charge in [0.05, 0.1) is 17.3 Å². The molecule has 5 rings (SSSR count). The van der Waals surface area contributed by atoms with Gasteiger partial charge in [-0.2, -0.15) is 5.10 Å². The number of urea groups is 1. The summed E-state index contributed by atoms with van der Waals surface area (Å²) < 4.78 is 63.1. The van der Waals surface area contributed by atoms with Crippen molar-refractivity contribution >= 4 is 34.5 Å². The Morgan fingerprint density at radius 1 is 1.00 bits per heavy atom. The van der Waals surface area contributed by atoms with E-state index in [1.54, 1.807) is 13.8 Å². The number of imide groups is 1. The maximum atomic E-state index is 15.5. The number of aromatic amines is 1. The summed E-state index contributed by atoms with van der Waals surface area (Å²) in [5, 5.41) is 6.94. The Kier molecular flexibility index (Phi) is 6.32. The first-order valence-corrected chi connectivity index (χ1v) is 11.6. The number of ether oxygens (including phenoxy) is 1. The summed E-state index contributed by atoms with van der Waals surface area (Å²) in [6, 6.07) is 3.37. The van der Waals surface area contributed by atoms with Crippen molar-refractivity contribution in [1.29, 1.82) is 0 Å². The number of benzene rings is 2. The highest BCUT2D eigenvalue weighted by molar-refractivity contribution is 6.06. The van der Waals surface area contributed by atoms with E-state index < -0.39 is 52.2 Å². The number of fused-ring (bicyclic) bond motifs is 1. The highest BCUT2D eigenvalue weighted by Crippen LogP contribution is 2.36. The highest BCUT2D eigenvalue weighted by atomic mass is 19.1. The third-order valence-corrected chi connectivity index (χ3v) is 6.56. The summed E-state index contributed by atoms with van der Waals surface area (Å²) in [6.45, 7) is 2.83. The topological polar surface area (TPSA) is 108 Å². The molecule has 0 unspecified atom stereocenters. The Morgan fingerprint density at radius 2 is 1.74 bits per heavy atom. The van der Waals surface area contributed by atoms with E-state index in [1.807, 2.05) is 0 Å². The third kappa shape index (κ3) is 4.47. The zero-order valence-electron chi connectivity index (χ0n) is 20.9. The lowest BCUT2D eigenvalue weighted by Gasteiger charge is -2.27. The molecule has 0 spiro atoms. The number of rotatable bonds is 7. The molecule has 202 valence electrons. The number of hydrogen-bond acceptors (Lipinski definition) is 7. The van der Waals surface area contributed by atoms with Crippen LogP contribution in [0.25, 0.3) is 11.0 Å². The van der Waals surface area contributed by atoms with Gasteiger partial charge in [-0.3, -0.25) is 14.8 Å². The molecule has 14 heteroatoms.